The van der Waals surface area contributed by atoms with Crippen LogP contribution in [0.1, 0.15) is 56.3 Å². The number of amides is 2. The van der Waals surface area contributed by atoms with E-state index in [0.717, 1.165) is 32.1 Å². The molecule has 2 aromatic rings. The van der Waals surface area contributed by atoms with Crippen LogP contribution in [0.2, 0.25) is 0 Å². The van der Waals surface area contributed by atoms with Crippen LogP contribution in [0.25, 0.3) is 12.0 Å². The minimum Gasteiger partial charge on any atom is -0.453 e. The van der Waals surface area contributed by atoms with Crippen molar-refractivity contribution >= 4 is 18.2 Å². The van der Waals surface area contributed by atoms with E-state index in [1.807, 2.05) is 13.8 Å². The van der Waals surface area contributed by atoms with Gasteiger partial charge < -0.3 is 20.5 Å². The lowest BCUT2D eigenvalue weighted by atomic mass is 9.52. The predicted octanol–water partition coefficient (Wildman–Crippen LogP) is 2.34. The maximum atomic E-state index is 13.5. The lowest BCUT2D eigenvalue weighted by molar-refractivity contribution is -0.136. The summed E-state index contributed by atoms with van der Waals surface area (Å²) in [6, 6.07) is 1.85. The van der Waals surface area contributed by atoms with Crippen molar-refractivity contribution in [3.05, 3.63) is 36.3 Å². The zero-order chi connectivity index (χ0) is 24.1. The first-order valence-corrected chi connectivity index (χ1v) is 11.8. The van der Waals surface area contributed by atoms with E-state index in [0.29, 0.717) is 29.1 Å². The van der Waals surface area contributed by atoms with Gasteiger partial charge in [-0.3, -0.25) is 4.79 Å². The summed E-state index contributed by atoms with van der Waals surface area (Å²) in [4.78, 5) is 25.1. The third kappa shape index (κ3) is 4.22. The van der Waals surface area contributed by atoms with Gasteiger partial charge >= 0.3 is 6.09 Å². The number of methoxy groups -OCH3 is 1. The van der Waals surface area contributed by atoms with Crippen LogP contribution in [0.4, 0.5) is 4.79 Å². The molecule has 10 heteroatoms. The van der Waals surface area contributed by atoms with Gasteiger partial charge in [0.05, 0.1) is 24.4 Å². The molecule has 4 aliphatic carbocycles. The van der Waals surface area contributed by atoms with Crippen LogP contribution in [0, 0.1) is 17.8 Å². The molecule has 3 N–H and O–H groups in total. The third-order valence-electron chi connectivity index (χ3n) is 7.52. The van der Waals surface area contributed by atoms with Crippen LogP contribution in [-0.4, -0.2) is 61.0 Å². The SMILES string of the molecule is COC(=O)NC(C)(C)/C=C/n1ncc(C(=O)NC2C3CC4CC2CC(O)(C4)C3)c1-n1cccn1. The number of ether oxygens (including phenoxy) is 1. The normalized spacial score (nSPS) is 30.0. The Hall–Kier alpha value is -3.14. The molecule has 2 amide bonds. The number of carbonyl (C=O) groups is 2. The molecule has 0 radical (unpaired) electrons. The van der Waals surface area contributed by atoms with Gasteiger partial charge in [-0.1, -0.05) is 0 Å². The van der Waals surface area contributed by atoms with Crippen molar-refractivity contribution in [3.63, 3.8) is 0 Å². The number of aromatic nitrogens is 4. The molecule has 0 saturated heterocycles. The summed E-state index contributed by atoms with van der Waals surface area (Å²) in [5, 5.41) is 25.6. The van der Waals surface area contributed by atoms with E-state index < -0.39 is 17.2 Å². The summed E-state index contributed by atoms with van der Waals surface area (Å²) >= 11 is 0. The largest absolute Gasteiger partial charge is 0.453 e. The number of rotatable bonds is 6. The summed E-state index contributed by atoms with van der Waals surface area (Å²) in [5.41, 5.74) is -0.832. The molecule has 4 bridgehead atoms. The molecule has 0 aromatic carbocycles. The Labute approximate surface area is 198 Å². The van der Waals surface area contributed by atoms with E-state index in [9.17, 15) is 14.7 Å². The van der Waals surface area contributed by atoms with Gasteiger partial charge in [-0.2, -0.15) is 10.2 Å². The standard InChI is InChI=1S/C24H32N6O4/c1-23(2,28-22(32)34-3)5-8-30-21(29-7-4-6-25-29)18(14-26-30)20(31)27-19-16-9-15-10-17(19)13-24(33,11-15)12-16/h4-8,14-17,19,33H,9-13H2,1-3H3,(H,27,31)(H,28,32)/b8-5+. The quantitative estimate of drug-likeness (QED) is 0.598. The van der Waals surface area contributed by atoms with E-state index in [-0.39, 0.29) is 11.9 Å². The highest BCUT2D eigenvalue weighted by atomic mass is 16.5. The minimum atomic E-state index is -0.705. The molecular formula is C24H32N6O4. The summed E-state index contributed by atoms with van der Waals surface area (Å²) in [7, 11) is 1.31. The first-order chi connectivity index (χ1) is 16.2. The number of alkyl carbamates (subject to hydrolysis) is 1. The Morgan fingerprint density at radius 2 is 1.97 bits per heavy atom. The fourth-order valence-corrected chi connectivity index (χ4v) is 6.31. The third-order valence-corrected chi connectivity index (χ3v) is 7.52. The molecule has 2 atom stereocenters. The number of hydrogen-bond donors (Lipinski definition) is 3. The topological polar surface area (TPSA) is 123 Å². The van der Waals surface area contributed by atoms with Crippen LogP contribution >= 0.6 is 0 Å². The molecule has 182 valence electrons. The van der Waals surface area contributed by atoms with E-state index in [2.05, 4.69) is 25.6 Å². The Balaban J connectivity index is 1.39. The Morgan fingerprint density at radius 1 is 1.24 bits per heavy atom. The first kappa shape index (κ1) is 22.6. The monoisotopic (exact) mass is 468 g/mol. The molecule has 0 spiro atoms. The van der Waals surface area contributed by atoms with Gasteiger partial charge in [0.15, 0.2) is 5.82 Å². The Morgan fingerprint density at radius 3 is 2.59 bits per heavy atom. The van der Waals surface area contributed by atoms with Gasteiger partial charge in [0, 0.05) is 24.6 Å². The summed E-state index contributed by atoms with van der Waals surface area (Å²) < 4.78 is 7.86. The zero-order valence-electron chi connectivity index (χ0n) is 19.8. The molecular weight excluding hydrogens is 436 g/mol. The highest BCUT2D eigenvalue weighted by Crippen LogP contribution is 2.55. The van der Waals surface area contributed by atoms with Gasteiger partial charge in [-0.25, -0.2) is 14.2 Å². The van der Waals surface area contributed by atoms with Crippen molar-refractivity contribution in [1.82, 2.24) is 30.2 Å². The molecule has 10 nitrogen and oxygen atoms in total. The van der Waals surface area contributed by atoms with E-state index in [4.69, 9.17) is 0 Å². The number of aliphatic hydroxyl groups is 1. The molecule has 6 rings (SSSR count). The molecule has 0 aliphatic heterocycles. The van der Waals surface area contributed by atoms with Crippen LogP contribution in [-0.2, 0) is 4.74 Å². The second kappa shape index (κ2) is 8.26. The summed E-state index contributed by atoms with van der Waals surface area (Å²) in [6.45, 7) is 3.65. The van der Waals surface area contributed by atoms with Crippen LogP contribution in [0.5, 0.6) is 0 Å². The molecule has 34 heavy (non-hydrogen) atoms. The van der Waals surface area contributed by atoms with Gasteiger partial charge in [0.25, 0.3) is 5.91 Å². The number of nitrogens with one attached hydrogen (secondary N) is 2. The Kier molecular flexibility index (Phi) is 5.50. The van der Waals surface area contributed by atoms with Crippen molar-refractivity contribution in [2.24, 2.45) is 17.8 Å². The number of nitrogens with zero attached hydrogens (tertiary/aromatic N) is 4. The Bertz CT molecular complexity index is 1090. The fourth-order valence-electron chi connectivity index (χ4n) is 6.31. The van der Waals surface area contributed by atoms with Gasteiger partial charge in [-0.05, 0) is 75.8 Å². The van der Waals surface area contributed by atoms with Crippen molar-refractivity contribution in [2.75, 3.05) is 7.11 Å². The zero-order valence-corrected chi connectivity index (χ0v) is 19.8. The molecule has 4 fully saturated rings. The fraction of sp³-hybridized carbons (Fsp3) is 0.583. The van der Waals surface area contributed by atoms with E-state index in [1.165, 1.54) is 7.11 Å². The molecule has 4 aliphatic rings. The van der Waals surface area contributed by atoms with Crippen molar-refractivity contribution in [1.29, 1.82) is 0 Å². The van der Waals surface area contributed by atoms with Crippen LogP contribution in [0.15, 0.2) is 30.7 Å². The molecule has 2 unspecified atom stereocenters. The van der Waals surface area contributed by atoms with Crippen molar-refractivity contribution in [3.8, 4) is 5.82 Å². The highest BCUT2D eigenvalue weighted by molar-refractivity contribution is 5.97. The molecule has 4 saturated carbocycles. The minimum absolute atomic E-state index is 0.0666. The van der Waals surface area contributed by atoms with E-state index in [1.54, 1.807) is 46.3 Å². The lowest BCUT2D eigenvalue weighted by Gasteiger charge is -2.58. The molecule has 2 aromatic heterocycles. The molecule has 2 heterocycles. The predicted molar refractivity (Wildman–Crippen MR) is 124 cm³/mol. The maximum absolute atomic E-state index is 13.5. The van der Waals surface area contributed by atoms with Crippen LogP contribution < -0.4 is 10.6 Å². The van der Waals surface area contributed by atoms with E-state index >= 15 is 0 Å². The van der Waals surface area contributed by atoms with Gasteiger partial charge in [0.1, 0.15) is 5.56 Å². The van der Waals surface area contributed by atoms with Crippen molar-refractivity contribution in [2.45, 2.75) is 63.1 Å². The second-order valence-electron chi connectivity index (χ2n) is 10.6. The summed E-state index contributed by atoms with van der Waals surface area (Å²) in [5.74, 6) is 1.52. The highest BCUT2D eigenvalue weighted by Gasteiger charge is 2.55. The lowest BCUT2D eigenvalue weighted by Crippen LogP contribution is -2.61. The van der Waals surface area contributed by atoms with Crippen LogP contribution in [0.3, 0.4) is 0 Å². The van der Waals surface area contributed by atoms with Gasteiger partial charge in [0.2, 0.25) is 0 Å². The average molecular weight is 469 g/mol. The summed E-state index contributed by atoms with van der Waals surface area (Å²) in [6.07, 6.45) is 12.4. The number of hydrogen-bond acceptors (Lipinski definition) is 6. The smallest absolute Gasteiger partial charge is 0.407 e. The van der Waals surface area contributed by atoms with Gasteiger partial charge in [-0.15, -0.1) is 0 Å². The van der Waals surface area contributed by atoms with Crippen molar-refractivity contribution < 1.29 is 19.4 Å². The maximum Gasteiger partial charge on any atom is 0.407 e. The average Bonchev–Trinajstić information content (AvgIpc) is 3.42. The number of carbonyl (C=O) groups excluding carboxylic acids is 2. The second-order valence-corrected chi connectivity index (χ2v) is 10.6. The first-order valence-electron chi connectivity index (χ1n) is 11.8.